The number of ether oxygens (including phenoxy) is 2. The van der Waals surface area contributed by atoms with Crippen molar-refractivity contribution in [1.82, 2.24) is 9.59 Å². The van der Waals surface area contributed by atoms with E-state index in [1.54, 1.807) is 12.3 Å². The molecule has 0 N–H and O–H groups in total. The zero-order valence-corrected chi connectivity index (χ0v) is 14.4. The summed E-state index contributed by atoms with van der Waals surface area (Å²) in [5.41, 5.74) is 0.694. The van der Waals surface area contributed by atoms with E-state index in [0.29, 0.717) is 17.2 Å². The van der Waals surface area contributed by atoms with Crippen LogP contribution in [0.25, 0.3) is 11.5 Å². The van der Waals surface area contributed by atoms with Gasteiger partial charge in [0.05, 0.1) is 11.5 Å². The average molecular weight is 375 g/mol. The Morgan fingerprint density at radius 3 is 2.73 bits per heavy atom. The Morgan fingerprint density at radius 1 is 1.35 bits per heavy atom. The summed E-state index contributed by atoms with van der Waals surface area (Å²) in [6.07, 6.45) is 0. The average Bonchev–Trinajstić information content (AvgIpc) is 3.30. The van der Waals surface area contributed by atoms with Crippen LogP contribution in [0.1, 0.15) is 23.0 Å². The van der Waals surface area contributed by atoms with Gasteiger partial charge >= 0.3 is 5.97 Å². The van der Waals surface area contributed by atoms with E-state index in [1.807, 2.05) is 0 Å². The maximum absolute atomic E-state index is 12.1. The van der Waals surface area contributed by atoms with Gasteiger partial charge in [0, 0.05) is 23.6 Å². The molecule has 1 aromatic carbocycles. The number of hydrogen-bond donors (Lipinski definition) is 0. The molecule has 0 unspecified atom stereocenters. The number of furan rings is 1. The molecule has 9 nitrogen and oxygen atoms in total. The van der Waals surface area contributed by atoms with Gasteiger partial charge in [-0.15, -0.1) is 5.10 Å². The normalized spacial score (nSPS) is 10.5. The summed E-state index contributed by atoms with van der Waals surface area (Å²) in [4.78, 5) is 22.3. The van der Waals surface area contributed by atoms with E-state index >= 15 is 0 Å². The minimum atomic E-state index is -0.534. The number of nitro groups is 1. The lowest BCUT2D eigenvalue weighted by molar-refractivity contribution is -0.384. The summed E-state index contributed by atoms with van der Waals surface area (Å²) in [6, 6.07) is 7.13. The van der Waals surface area contributed by atoms with Crippen LogP contribution in [0.5, 0.6) is 5.75 Å². The second kappa shape index (κ2) is 7.74. The molecule has 3 aromatic rings. The van der Waals surface area contributed by atoms with Gasteiger partial charge in [0.25, 0.3) is 5.69 Å². The Hall–Kier alpha value is -3.27. The smallest absolute Gasteiger partial charge is 0.341 e. The summed E-state index contributed by atoms with van der Waals surface area (Å²) in [6.45, 7) is 1.88. The number of aromatic nitrogens is 2. The fourth-order valence-corrected chi connectivity index (χ4v) is 2.57. The van der Waals surface area contributed by atoms with Gasteiger partial charge in [-0.05, 0) is 30.6 Å². The lowest BCUT2D eigenvalue weighted by atomic mass is 10.2. The van der Waals surface area contributed by atoms with Crippen LogP contribution < -0.4 is 4.74 Å². The predicted octanol–water partition coefficient (Wildman–Crippen LogP) is 3.46. The molecule has 0 aliphatic carbocycles. The number of hydrogen-bond acceptors (Lipinski definition) is 9. The fraction of sp³-hybridized carbons (Fsp3) is 0.188. The molecular weight excluding hydrogens is 362 g/mol. The maximum Gasteiger partial charge on any atom is 0.341 e. The standard InChI is InChI=1S/C16H13N3O6S/c1-2-23-16(20)12-7-14(13-9-26-18-17-13)25-15(12)8-24-11-5-3-10(4-6-11)19(21)22/h3-7,9H,2,8H2,1H3. The molecular formula is C16H13N3O6S. The minimum absolute atomic E-state index is 0.0409. The van der Waals surface area contributed by atoms with E-state index in [-0.39, 0.29) is 30.2 Å². The van der Waals surface area contributed by atoms with Crippen LogP contribution in [0.4, 0.5) is 5.69 Å². The first-order valence-electron chi connectivity index (χ1n) is 7.53. The first-order valence-corrected chi connectivity index (χ1v) is 8.36. The summed E-state index contributed by atoms with van der Waals surface area (Å²) in [5, 5.41) is 16.3. The molecule has 0 bridgehead atoms. The first kappa shape index (κ1) is 17.5. The van der Waals surface area contributed by atoms with Crippen molar-refractivity contribution in [3.8, 4) is 17.2 Å². The van der Waals surface area contributed by atoms with Gasteiger partial charge in [-0.2, -0.15) is 0 Å². The van der Waals surface area contributed by atoms with Crippen molar-refractivity contribution in [2.75, 3.05) is 6.61 Å². The molecule has 0 aliphatic rings. The van der Waals surface area contributed by atoms with Crippen molar-refractivity contribution in [2.24, 2.45) is 0 Å². The fourth-order valence-electron chi connectivity index (χ4n) is 2.13. The highest BCUT2D eigenvalue weighted by Crippen LogP contribution is 2.27. The molecule has 0 amide bonds. The monoisotopic (exact) mass is 375 g/mol. The van der Waals surface area contributed by atoms with Crippen molar-refractivity contribution in [1.29, 1.82) is 0 Å². The van der Waals surface area contributed by atoms with Gasteiger partial charge in [0.2, 0.25) is 0 Å². The number of carbonyl (C=O) groups is 1. The number of benzene rings is 1. The van der Waals surface area contributed by atoms with Crippen molar-refractivity contribution in [3.05, 3.63) is 57.1 Å². The molecule has 3 rings (SSSR count). The van der Waals surface area contributed by atoms with Gasteiger partial charge in [0.15, 0.2) is 11.5 Å². The zero-order chi connectivity index (χ0) is 18.5. The van der Waals surface area contributed by atoms with Gasteiger partial charge in [-0.3, -0.25) is 10.1 Å². The Kier molecular flexibility index (Phi) is 5.23. The Balaban J connectivity index is 1.81. The number of nitro benzene ring substituents is 1. The lowest BCUT2D eigenvalue weighted by Gasteiger charge is -2.06. The van der Waals surface area contributed by atoms with Crippen molar-refractivity contribution in [2.45, 2.75) is 13.5 Å². The highest BCUT2D eigenvalue weighted by molar-refractivity contribution is 7.03. The van der Waals surface area contributed by atoms with Crippen LogP contribution in [-0.4, -0.2) is 27.1 Å². The second-order valence-corrected chi connectivity index (χ2v) is 5.61. The van der Waals surface area contributed by atoms with Crippen LogP contribution in [0, 0.1) is 10.1 Å². The Bertz CT molecular complexity index is 905. The molecule has 0 radical (unpaired) electrons. The van der Waals surface area contributed by atoms with E-state index < -0.39 is 10.9 Å². The van der Waals surface area contributed by atoms with E-state index in [2.05, 4.69) is 9.59 Å². The summed E-state index contributed by atoms with van der Waals surface area (Å²) in [5.74, 6) is 0.514. The van der Waals surface area contributed by atoms with Crippen LogP contribution in [0.15, 0.2) is 40.1 Å². The molecule has 0 atom stereocenters. The molecule has 0 saturated carbocycles. The summed E-state index contributed by atoms with van der Waals surface area (Å²) in [7, 11) is 0. The van der Waals surface area contributed by atoms with Crippen LogP contribution >= 0.6 is 11.5 Å². The molecule has 10 heteroatoms. The molecule has 2 aromatic heterocycles. The van der Waals surface area contributed by atoms with Gasteiger partial charge < -0.3 is 13.9 Å². The van der Waals surface area contributed by atoms with Gasteiger partial charge in [-0.25, -0.2) is 4.79 Å². The predicted molar refractivity (Wildman–Crippen MR) is 91.0 cm³/mol. The van der Waals surface area contributed by atoms with E-state index in [1.165, 1.54) is 30.3 Å². The molecule has 26 heavy (non-hydrogen) atoms. The van der Waals surface area contributed by atoms with Crippen LogP contribution in [0.3, 0.4) is 0 Å². The van der Waals surface area contributed by atoms with E-state index in [4.69, 9.17) is 13.9 Å². The third-order valence-corrected chi connectivity index (χ3v) is 3.84. The molecule has 134 valence electrons. The van der Waals surface area contributed by atoms with Crippen molar-refractivity contribution < 1.29 is 23.6 Å². The Labute approximate surface area is 151 Å². The quantitative estimate of drug-likeness (QED) is 0.350. The zero-order valence-electron chi connectivity index (χ0n) is 13.6. The summed E-state index contributed by atoms with van der Waals surface area (Å²) < 4.78 is 20.0. The first-order chi connectivity index (χ1) is 12.6. The van der Waals surface area contributed by atoms with Crippen LogP contribution in [0.2, 0.25) is 0 Å². The highest BCUT2D eigenvalue weighted by Gasteiger charge is 2.21. The minimum Gasteiger partial charge on any atom is -0.486 e. The number of carbonyl (C=O) groups excluding carboxylic acids is 1. The molecule has 0 spiro atoms. The third-order valence-electron chi connectivity index (χ3n) is 3.33. The number of non-ortho nitro benzene ring substituents is 1. The second-order valence-electron chi connectivity index (χ2n) is 5.00. The van der Waals surface area contributed by atoms with Crippen molar-refractivity contribution in [3.63, 3.8) is 0 Å². The van der Waals surface area contributed by atoms with Crippen LogP contribution in [-0.2, 0) is 11.3 Å². The van der Waals surface area contributed by atoms with Gasteiger partial charge in [0.1, 0.15) is 23.6 Å². The Morgan fingerprint density at radius 2 is 2.12 bits per heavy atom. The largest absolute Gasteiger partial charge is 0.486 e. The maximum atomic E-state index is 12.1. The van der Waals surface area contributed by atoms with Crippen molar-refractivity contribution >= 4 is 23.2 Å². The van der Waals surface area contributed by atoms with E-state index in [9.17, 15) is 14.9 Å². The molecule has 0 aliphatic heterocycles. The van der Waals surface area contributed by atoms with E-state index in [0.717, 1.165) is 11.5 Å². The topological polar surface area (TPSA) is 118 Å². The highest BCUT2D eigenvalue weighted by atomic mass is 32.1. The third kappa shape index (κ3) is 3.86. The molecule has 0 fully saturated rings. The molecule has 0 saturated heterocycles. The number of esters is 1. The molecule has 2 heterocycles. The summed E-state index contributed by atoms with van der Waals surface area (Å²) >= 11 is 1.16. The number of rotatable bonds is 7. The lowest BCUT2D eigenvalue weighted by Crippen LogP contribution is -2.07. The SMILES string of the molecule is CCOC(=O)c1cc(-c2csnn2)oc1COc1ccc([N+](=O)[O-])cc1. The number of nitrogens with zero attached hydrogens (tertiary/aromatic N) is 3. The van der Waals surface area contributed by atoms with Gasteiger partial charge in [-0.1, -0.05) is 4.49 Å².